The van der Waals surface area contributed by atoms with Crippen LogP contribution in [0.4, 0.5) is 13.2 Å². The van der Waals surface area contributed by atoms with Gasteiger partial charge in [-0.05, 0) is 60.4 Å². The van der Waals surface area contributed by atoms with E-state index >= 15 is 8.78 Å². The van der Waals surface area contributed by atoms with E-state index in [1.54, 1.807) is 22.9 Å². The Balaban J connectivity index is 1.07. The van der Waals surface area contributed by atoms with E-state index < -0.39 is 23.4 Å². The summed E-state index contributed by atoms with van der Waals surface area (Å²) in [5.41, 5.74) is 1.65. The first-order valence-electron chi connectivity index (χ1n) is 15.3. The molecule has 2 aromatic carbocycles. The summed E-state index contributed by atoms with van der Waals surface area (Å²) in [5, 5.41) is 9.96. The lowest BCUT2D eigenvalue weighted by Gasteiger charge is -2.27. The first kappa shape index (κ1) is 32.8. The zero-order valence-electron chi connectivity index (χ0n) is 26.3. The average molecular weight is 698 g/mol. The molecule has 1 aliphatic rings. The standard InChI is InChI=1S/C36H26F3N5O5S/c1-47-36-41-17-24(50-36)7-5-20-11-28(39)31(40-16-20)19-49-34-4-2-3-29(43-34)25-15-26(37)22(12-27(25)38)14-33-42-30-8-6-21(35(45)46)13-32(30)44(33)18-23-9-10-48-23/h2-4,6,8,11-13,15-17,23H,9-10,14,18-19H2,1H3,(H,45,46)/t23-/m0/s1. The summed E-state index contributed by atoms with van der Waals surface area (Å²) in [6, 6.07) is 12.6. The lowest BCUT2D eigenvalue weighted by molar-refractivity contribution is -0.0589. The Hall–Kier alpha value is -5.78. The maximum Gasteiger partial charge on any atom is 0.335 e. The summed E-state index contributed by atoms with van der Waals surface area (Å²) in [4.78, 5) is 29.3. The van der Waals surface area contributed by atoms with Crippen molar-refractivity contribution in [1.29, 1.82) is 0 Å². The summed E-state index contributed by atoms with van der Waals surface area (Å²) >= 11 is 1.26. The molecule has 0 bridgehead atoms. The number of halogens is 3. The SMILES string of the molecule is COc1ncc(C#Cc2cnc(COc3cccc(-c4cc(F)c(Cc5nc6ccc(C(=O)O)cc6n5C[C@@H]5CCO5)cc4F)n3)c(F)c2)s1. The Bertz CT molecular complexity index is 2310. The van der Waals surface area contributed by atoms with Crippen LogP contribution in [0.2, 0.25) is 0 Å². The molecule has 0 radical (unpaired) electrons. The number of thiazole rings is 1. The molecular weight excluding hydrogens is 671 g/mol. The topological polar surface area (TPSA) is 121 Å². The molecule has 5 heterocycles. The number of ether oxygens (including phenoxy) is 3. The van der Waals surface area contributed by atoms with Gasteiger partial charge in [0.25, 0.3) is 5.19 Å². The van der Waals surface area contributed by atoms with Gasteiger partial charge in [-0.15, -0.1) is 0 Å². The molecule has 4 aromatic heterocycles. The highest BCUT2D eigenvalue weighted by Crippen LogP contribution is 2.29. The molecule has 1 N–H and O–H groups in total. The van der Waals surface area contributed by atoms with E-state index in [1.807, 2.05) is 0 Å². The molecular formula is C36H26F3N5O5S. The molecule has 0 unspecified atom stereocenters. The Kier molecular flexibility index (Phi) is 9.16. The van der Waals surface area contributed by atoms with Gasteiger partial charge in [0.1, 0.15) is 40.5 Å². The molecule has 252 valence electrons. The Morgan fingerprint density at radius 2 is 1.90 bits per heavy atom. The van der Waals surface area contributed by atoms with Gasteiger partial charge in [-0.1, -0.05) is 23.3 Å². The van der Waals surface area contributed by atoms with Gasteiger partial charge in [0, 0.05) is 36.4 Å². The van der Waals surface area contributed by atoms with E-state index in [4.69, 9.17) is 14.2 Å². The number of aromatic nitrogens is 5. The number of hydrogen-bond acceptors (Lipinski definition) is 9. The summed E-state index contributed by atoms with van der Waals surface area (Å²) in [7, 11) is 1.51. The number of carboxylic acids is 1. The third-order valence-corrected chi connectivity index (χ3v) is 8.88. The van der Waals surface area contributed by atoms with Gasteiger partial charge in [-0.25, -0.2) is 32.9 Å². The number of carboxylic acid groups (broad SMARTS) is 1. The molecule has 1 saturated heterocycles. The predicted octanol–water partition coefficient (Wildman–Crippen LogP) is 6.43. The van der Waals surface area contributed by atoms with Gasteiger partial charge in [0.2, 0.25) is 5.88 Å². The minimum absolute atomic E-state index is 0.0119. The Labute approximate surface area is 287 Å². The van der Waals surface area contributed by atoms with Crippen molar-refractivity contribution in [2.45, 2.75) is 32.1 Å². The summed E-state index contributed by atoms with van der Waals surface area (Å²) in [6.07, 6.45) is 3.66. The first-order chi connectivity index (χ1) is 24.2. The lowest BCUT2D eigenvalue weighted by Crippen LogP contribution is -2.31. The van der Waals surface area contributed by atoms with Crippen molar-refractivity contribution in [3.05, 3.63) is 118 Å². The molecule has 50 heavy (non-hydrogen) atoms. The fourth-order valence-corrected chi connectivity index (χ4v) is 5.92. The van der Waals surface area contributed by atoms with Crippen LogP contribution in [-0.4, -0.2) is 55.4 Å². The highest BCUT2D eigenvalue weighted by atomic mass is 32.1. The van der Waals surface area contributed by atoms with Crippen molar-refractivity contribution in [2.24, 2.45) is 0 Å². The molecule has 0 spiro atoms. The van der Waals surface area contributed by atoms with Crippen LogP contribution in [0.3, 0.4) is 0 Å². The largest absolute Gasteiger partial charge is 0.478 e. The molecule has 10 nitrogen and oxygen atoms in total. The lowest BCUT2D eigenvalue weighted by atomic mass is 10.0. The normalized spacial score (nSPS) is 13.8. The molecule has 14 heteroatoms. The van der Waals surface area contributed by atoms with Gasteiger partial charge in [-0.3, -0.25) is 4.98 Å². The number of methoxy groups -OCH3 is 1. The van der Waals surface area contributed by atoms with Crippen LogP contribution < -0.4 is 9.47 Å². The molecule has 7 rings (SSSR count). The summed E-state index contributed by atoms with van der Waals surface area (Å²) in [5.74, 6) is 3.11. The fourth-order valence-electron chi connectivity index (χ4n) is 5.34. The second-order valence-electron chi connectivity index (χ2n) is 11.3. The molecule has 0 amide bonds. The van der Waals surface area contributed by atoms with Gasteiger partial charge in [-0.2, -0.15) is 0 Å². The third kappa shape index (κ3) is 7.00. The van der Waals surface area contributed by atoms with Crippen molar-refractivity contribution >= 4 is 28.3 Å². The van der Waals surface area contributed by atoms with E-state index in [1.165, 1.54) is 55.0 Å². The van der Waals surface area contributed by atoms with Crippen LogP contribution in [0.15, 0.2) is 67.0 Å². The van der Waals surface area contributed by atoms with Crippen molar-refractivity contribution in [1.82, 2.24) is 24.5 Å². The van der Waals surface area contributed by atoms with Gasteiger partial charge in [0.15, 0.2) is 0 Å². The van der Waals surface area contributed by atoms with E-state index in [-0.39, 0.29) is 53.1 Å². The number of aromatic carboxylic acids is 1. The van der Waals surface area contributed by atoms with Crippen molar-refractivity contribution < 1.29 is 37.3 Å². The van der Waals surface area contributed by atoms with Crippen LogP contribution in [-0.2, 0) is 24.3 Å². The number of pyridine rings is 2. The van der Waals surface area contributed by atoms with Crippen LogP contribution in [0, 0.1) is 29.3 Å². The number of nitrogens with zero attached hydrogens (tertiary/aromatic N) is 5. The van der Waals surface area contributed by atoms with Crippen LogP contribution in [0.1, 0.15) is 44.3 Å². The van der Waals surface area contributed by atoms with Crippen molar-refractivity contribution in [2.75, 3.05) is 13.7 Å². The van der Waals surface area contributed by atoms with Gasteiger partial charge >= 0.3 is 5.97 Å². The summed E-state index contributed by atoms with van der Waals surface area (Å²) < 4.78 is 64.0. The monoisotopic (exact) mass is 697 g/mol. The van der Waals surface area contributed by atoms with Gasteiger partial charge < -0.3 is 23.9 Å². The molecule has 0 aliphatic carbocycles. The number of imidazole rings is 1. The average Bonchev–Trinajstić information content (AvgIpc) is 3.70. The van der Waals surface area contributed by atoms with Crippen molar-refractivity contribution in [3.8, 4) is 34.2 Å². The smallest absolute Gasteiger partial charge is 0.335 e. The first-order valence-corrected chi connectivity index (χ1v) is 16.1. The van der Waals surface area contributed by atoms with E-state index in [0.717, 1.165) is 18.6 Å². The minimum atomic E-state index is -1.08. The zero-order valence-corrected chi connectivity index (χ0v) is 27.1. The minimum Gasteiger partial charge on any atom is -0.478 e. The van der Waals surface area contributed by atoms with Crippen LogP contribution >= 0.6 is 11.3 Å². The molecule has 0 saturated carbocycles. The highest BCUT2D eigenvalue weighted by molar-refractivity contribution is 7.13. The second-order valence-corrected chi connectivity index (χ2v) is 12.3. The number of hydrogen-bond donors (Lipinski definition) is 1. The molecule has 1 fully saturated rings. The van der Waals surface area contributed by atoms with E-state index in [9.17, 15) is 14.3 Å². The fraction of sp³-hybridized carbons (Fsp3) is 0.194. The molecule has 1 aliphatic heterocycles. The third-order valence-electron chi connectivity index (χ3n) is 8.00. The van der Waals surface area contributed by atoms with Crippen LogP contribution in [0.25, 0.3) is 22.3 Å². The quantitative estimate of drug-likeness (QED) is 0.161. The second kappa shape index (κ2) is 14.0. The highest BCUT2D eigenvalue weighted by Gasteiger charge is 2.24. The number of carbonyl (C=O) groups is 1. The number of benzene rings is 2. The molecule has 6 aromatic rings. The summed E-state index contributed by atoms with van der Waals surface area (Å²) in [6.45, 7) is 0.755. The Morgan fingerprint density at radius 3 is 2.64 bits per heavy atom. The number of fused-ring (bicyclic) bond motifs is 1. The predicted molar refractivity (Wildman–Crippen MR) is 177 cm³/mol. The maximum absolute atomic E-state index is 15.6. The van der Waals surface area contributed by atoms with E-state index in [0.29, 0.717) is 45.6 Å². The van der Waals surface area contributed by atoms with E-state index in [2.05, 4.69) is 31.8 Å². The maximum atomic E-state index is 15.6. The van der Waals surface area contributed by atoms with Crippen molar-refractivity contribution in [3.63, 3.8) is 0 Å². The van der Waals surface area contributed by atoms with Crippen LogP contribution in [0.5, 0.6) is 11.1 Å². The molecule has 1 atom stereocenters. The van der Waals surface area contributed by atoms with Gasteiger partial charge in [0.05, 0.1) is 48.2 Å². The zero-order chi connectivity index (χ0) is 34.8. The number of rotatable bonds is 10. The Morgan fingerprint density at radius 1 is 1.04 bits per heavy atom.